The van der Waals surface area contributed by atoms with Gasteiger partial charge in [-0.3, -0.25) is 4.90 Å². The zero-order valence-electron chi connectivity index (χ0n) is 22.2. The Bertz CT molecular complexity index is 1310. The Kier molecular flexibility index (Phi) is 6.53. The van der Waals surface area contributed by atoms with Crippen molar-refractivity contribution >= 4 is 23.3 Å². The van der Waals surface area contributed by atoms with Crippen molar-refractivity contribution in [1.29, 1.82) is 0 Å². The molecule has 0 unspecified atom stereocenters. The van der Waals surface area contributed by atoms with Gasteiger partial charge in [0.25, 0.3) is 0 Å². The molecule has 6 heterocycles. The van der Waals surface area contributed by atoms with Gasteiger partial charge in [0.05, 0.1) is 17.4 Å². The molecule has 4 aliphatic rings. The Morgan fingerprint density at radius 2 is 1.69 bits per heavy atom. The van der Waals surface area contributed by atoms with Crippen LogP contribution in [0, 0.1) is 0 Å². The molecule has 3 N–H and O–H groups in total. The number of anilines is 4. The number of piperazine rings is 2. The third kappa shape index (κ3) is 4.80. The number of fused-ring (bicyclic) bond motifs is 3. The highest BCUT2D eigenvalue weighted by Crippen LogP contribution is 2.36. The van der Waals surface area contributed by atoms with E-state index in [1.807, 2.05) is 30.5 Å². The van der Waals surface area contributed by atoms with Gasteiger partial charge in [-0.1, -0.05) is 12.1 Å². The highest BCUT2D eigenvalue weighted by molar-refractivity contribution is 5.76. The molecule has 2 aromatic heterocycles. The molecule has 0 saturated carbocycles. The van der Waals surface area contributed by atoms with Crippen LogP contribution in [0.1, 0.15) is 12.8 Å². The van der Waals surface area contributed by atoms with Crippen LogP contribution < -0.4 is 25.3 Å². The average Bonchev–Trinajstić information content (AvgIpc) is 3.01. The summed E-state index contributed by atoms with van der Waals surface area (Å²) in [5.74, 6) is 2.84. The molecule has 3 aromatic rings. The van der Waals surface area contributed by atoms with Crippen LogP contribution in [0.2, 0.25) is 0 Å². The van der Waals surface area contributed by atoms with Crippen LogP contribution in [-0.2, 0) is 0 Å². The van der Waals surface area contributed by atoms with Gasteiger partial charge >= 0.3 is 0 Å². The topological polar surface area (TPSA) is 109 Å². The molecule has 1 atom stereocenters. The number of aromatic hydroxyl groups is 1. The van der Waals surface area contributed by atoms with Gasteiger partial charge in [-0.15, -0.1) is 10.2 Å². The van der Waals surface area contributed by atoms with Crippen LogP contribution >= 0.6 is 0 Å². The summed E-state index contributed by atoms with van der Waals surface area (Å²) in [7, 11) is 0. The molecule has 3 saturated heterocycles. The van der Waals surface area contributed by atoms with Gasteiger partial charge in [-0.25, -0.2) is 4.98 Å². The summed E-state index contributed by atoms with van der Waals surface area (Å²) in [6.45, 7) is 9.78. The molecule has 11 nitrogen and oxygen atoms in total. The van der Waals surface area contributed by atoms with Crippen molar-refractivity contribution < 1.29 is 5.11 Å². The minimum Gasteiger partial charge on any atom is -0.507 e. The monoisotopic (exact) mass is 528 g/mol. The SMILES string of the molecule is Oc1ccccc1-c1cc2c(nn1)NC[C@H]1CN(c3nccc(N4CCN(C5CCNCC5)CC4)n3)CCN21. The minimum absolute atomic E-state index is 0.210. The van der Waals surface area contributed by atoms with E-state index in [0.29, 0.717) is 11.3 Å². The number of hydrogen-bond donors (Lipinski definition) is 3. The van der Waals surface area contributed by atoms with E-state index in [0.717, 1.165) is 94.8 Å². The number of phenols is 1. The molecule has 4 aliphatic heterocycles. The lowest BCUT2D eigenvalue weighted by Crippen LogP contribution is -2.58. The highest BCUT2D eigenvalue weighted by Gasteiger charge is 2.34. The molecular weight excluding hydrogens is 492 g/mol. The van der Waals surface area contributed by atoms with E-state index in [4.69, 9.17) is 4.98 Å². The van der Waals surface area contributed by atoms with E-state index >= 15 is 0 Å². The fraction of sp³-hybridized carbons (Fsp3) is 0.500. The van der Waals surface area contributed by atoms with Gasteiger partial charge in [0.2, 0.25) is 5.95 Å². The first-order valence-electron chi connectivity index (χ1n) is 14.2. The Morgan fingerprint density at radius 3 is 2.54 bits per heavy atom. The second kappa shape index (κ2) is 10.5. The minimum atomic E-state index is 0.210. The summed E-state index contributed by atoms with van der Waals surface area (Å²) in [6.07, 6.45) is 4.42. The Morgan fingerprint density at radius 1 is 0.872 bits per heavy atom. The summed E-state index contributed by atoms with van der Waals surface area (Å²) in [6, 6.07) is 12.3. The van der Waals surface area contributed by atoms with E-state index in [2.05, 4.69) is 51.5 Å². The maximum absolute atomic E-state index is 10.3. The van der Waals surface area contributed by atoms with Crippen LogP contribution in [-0.4, -0.2) is 108 Å². The average molecular weight is 529 g/mol. The van der Waals surface area contributed by atoms with Gasteiger partial charge in [0.1, 0.15) is 11.6 Å². The second-order valence-corrected chi connectivity index (χ2v) is 10.9. The number of piperidine rings is 1. The summed E-state index contributed by atoms with van der Waals surface area (Å²) in [5.41, 5.74) is 2.39. The predicted molar refractivity (Wildman–Crippen MR) is 153 cm³/mol. The number of nitrogens with zero attached hydrogens (tertiary/aromatic N) is 8. The molecule has 0 bridgehead atoms. The predicted octanol–water partition coefficient (Wildman–Crippen LogP) is 1.63. The maximum Gasteiger partial charge on any atom is 0.227 e. The number of rotatable bonds is 4. The largest absolute Gasteiger partial charge is 0.507 e. The highest BCUT2D eigenvalue weighted by atomic mass is 16.3. The van der Waals surface area contributed by atoms with E-state index in [-0.39, 0.29) is 11.8 Å². The van der Waals surface area contributed by atoms with Gasteiger partial charge in [-0.05, 0) is 50.2 Å². The molecule has 0 aliphatic carbocycles. The quantitative estimate of drug-likeness (QED) is 0.460. The lowest BCUT2D eigenvalue weighted by molar-refractivity contribution is 0.153. The number of hydrogen-bond acceptors (Lipinski definition) is 11. The summed E-state index contributed by atoms with van der Waals surface area (Å²) < 4.78 is 0. The summed E-state index contributed by atoms with van der Waals surface area (Å²) >= 11 is 0. The van der Waals surface area contributed by atoms with Crippen LogP contribution in [0.25, 0.3) is 11.3 Å². The van der Waals surface area contributed by atoms with Gasteiger partial charge in [0, 0.05) is 70.2 Å². The van der Waals surface area contributed by atoms with Gasteiger partial charge < -0.3 is 30.4 Å². The van der Waals surface area contributed by atoms with E-state index in [1.165, 1.54) is 12.8 Å². The van der Waals surface area contributed by atoms with E-state index in [1.54, 1.807) is 6.07 Å². The van der Waals surface area contributed by atoms with Crippen molar-refractivity contribution in [2.75, 3.05) is 85.5 Å². The third-order valence-electron chi connectivity index (χ3n) is 8.63. The van der Waals surface area contributed by atoms with Crippen LogP contribution in [0.3, 0.4) is 0 Å². The number of para-hydroxylation sites is 1. The smallest absolute Gasteiger partial charge is 0.227 e. The van der Waals surface area contributed by atoms with Crippen molar-refractivity contribution in [3.63, 3.8) is 0 Å². The molecule has 7 rings (SSSR count). The van der Waals surface area contributed by atoms with Gasteiger partial charge in [0.15, 0.2) is 5.82 Å². The lowest BCUT2D eigenvalue weighted by Gasteiger charge is -2.45. The fourth-order valence-electron chi connectivity index (χ4n) is 6.45. The Balaban J connectivity index is 1.03. The standard InChI is InChI=1S/C28H36N10O/c39-25-4-2-1-3-22(25)23-17-24-27(34-33-23)31-18-21-19-37(15-16-38(21)24)28-30-10-7-26(32-28)36-13-11-35(12-14-36)20-5-8-29-9-6-20/h1-4,7,10,17,20-21,29,39H,5-6,8-9,11-16,18-19H2,(H,31,34)/t21-/m0/s1. The number of aromatic nitrogens is 4. The van der Waals surface area contributed by atoms with Crippen LogP contribution in [0.5, 0.6) is 5.75 Å². The Labute approximate surface area is 228 Å². The van der Waals surface area contributed by atoms with E-state index in [9.17, 15) is 5.11 Å². The first-order chi connectivity index (χ1) is 19.2. The third-order valence-corrected chi connectivity index (χ3v) is 8.63. The normalized spacial score (nSPS) is 22.3. The van der Waals surface area contributed by atoms with Crippen LogP contribution in [0.15, 0.2) is 42.6 Å². The number of benzene rings is 1. The first kappa shape index (κ1) is 24.3. The molecule has 0 spiro atoms. The number of phenolic OH excluding ortho intramolecular Hbond substituents is 1. The van der Waals surface area contributed by atoms with Gasteiger partial charge in [-0.2, -0.15) is 4.98 Å². The Hall–Kier alpha value is -3.70. The van der Waals surface area contributed by atoms with Crippen molar-refractivity contribution in [3.05, 3.63) is 42.6 Å². The maximum atomic E-state index is 10.3. The summed E-state index contributed by atoms with van der Waals surface area (Å²) in [4.78, 5) is 19.5. The second-order valence-electron chi connectivity index (χ2n) is 10.9. The zero-order chi connectivity index (χ0) is 26.2. The lowest BCUT2D eigenvalue weighted by atomic mass is 10.0. The molecule has 11 heteroatoms. The number of nitrogens with one attached hydrogen (secondary N) is 2. The molecule has 1 aromatic carbocycles. The van der Waals surface area contributed by atoms with Crippen LogP contribution in [0.4, 0.5) is 23.3 Å². The van der Waals surface area contributed by atoms with Crippen molar-refractivity contribution in [1.82, 2.24) is 30.4 Å². The van der Waals surface area contributed by atoms with Crippen molar-refractivity contribution in [2.24, 2.45) is 0 Å². The molecule has 0 radical (unpaired) electrons. The van der Waals surface area contributed by atoms with Crippen molar-refractivity contribution in [3.8, 4) is 17.0 Å². The van der Waals surface area contributed by atoms with Crippen molar-refractivity contribution in [2.45, 2.75) is 24.9 Å². The molecule has 39 heavy (non-hydrogen) atoms. The summed E-state index contributed by atoms with van der Waals surface area (Å²) in [5, 5.41) is 26.1. The first-order valence-corrected chi connectivity index (χ1v) is 14.2. The molecule has 204 valence electrons. The van der Waals surface area contributed by atoms with E-state index < -0.39 is 0 Å². The fourth-order valence-corrected chi connectivity index (χ4v) is 6.45. The molecular formula is C28H36N10O. The zero-order valence-corrected chi connectivity index (χ0v) is 22.2. The molecule has 3 fully saturated rings. The molecule has 0 amide bonds.